The highest BCUT2D eigenvalue weighted by Gasteiger charge is 2.08. The molecular weight excluding hydrogens is 286 g/mol. The van der Waals surface area contributed by atoms with Gasteiger partial charge in [-0.1, -0.05) is 35.9 Å². The van der Waals surface area contributed by atoms with E-state index in [4.69, 9.17) is 0 Å². The van der Waals surface area contributed by atoms with Crippen molar-refractivity contribution in [3.63, 3.8) is 0 Å². The van der Waals surface area contributed by atoms with Gasteiger partial charge in [-0.2, -0.15) is 5.26 Å². The SMILES string of the molecule is Cc1ccc(/C=C(\C#N)c2nc3ccccc3c(=O)[nH]2)c(C)c1. The van der Waals surface area contributed by atoms with Gasteiger partial charge in [-0.05, 0) is 43.2 Å². The molecule has 112 valence electrons. The molecule has 2 aromatic carbocycles. The second-order valence-corrected chi connectivity index (χ2v) is 5.46. The molecule has 0 saturated heterocycles. The van der Waals surface area contributed by atoms with Crippen molar-refractivity contribution in [3.05, 3.63) is 75.3 Å². The number of nitriles is 1. The van der Waals surface area contributed by atoms with E-state index >= 15 is 0 Å². The van der Waals surface area contributed by atoms with Crippen LogP contribution in [0, 0.1) is 25.2 Å². The maximum Gasteiger partial charge on any atom is 0.259 e. The summed E-state index contributed by atoms with van der Waals surface area (Å²) in [7, 11) is 0. The second-order valence-electron chi connectivity index (χ2n) is 5.46. The molecule has 0 aliphatic carbocycles. The lowest BCUT2D eigenvalue weighted by atomic mass is 10.0. The van der Waals surface area contributed by atoms with Gasteiger partial charge >= 0.3 is 0 Å². The van der Waals surface area contributed by atoms with Crippen molar-refractivity contribution >= 4 is 22.6 Å². The molecule has 0 fully saturated rings. The summed E-state index contributed by atoms with van der Waals surface area (Å²) in [5.41, 5.74) is 3.83. The molecule has 0 saturated carbocycles. The first kappa shape index (κ1) is 14.7. The largest absolute Gasteiger partial charge is 0.305 e. The number of benzene rings is 2. The first-order valence-corrected chi connectivity index (χ1v) is 7.27. The van der Waals surface area contributed by atoms with Crippen LogP contribution in [-0.2, 0) is 0 Å². The number of aromatic nitrogens is 2. The van der Waals surface area contributed by atoms with E-state index in [-0.39, 0.29) is 11.4 Å². The molecule has 1 aromatic heterocycles. The van der Waals surface area contributed by atoms with Crippen molar-refractivity contribution in [1.29, 1.82) is 5.26 Å². The molecule has 0 aliphatic rings. The van der Waals surface area contributed by atoms with Crippen LogP contribution in [0.5, 0.6) is 0 Å². The Morgan fingerprint density at radius 3 is 2.74 bits per heavy atom. The number of H-pyrrole nitrogens is 1. The van der Waals surface area contributed by atoms with Crippen LogP contribution in [0.15, 0.2) is 47.3 Å². The predicted molar refractivity (Wildman–Crippen MR) is 91.8 cm³/mol. The van der Waals surface area contributed by atoms with Gasteiger partial charge in [-0.15, -0.1) is 0 Å². The summed E-state index contributed by atoms with van der Waals surface area (Å²) in [4.78, 5) is 19.3. The van der Waals surface area contributed by atoms with E-state index in [0.717, 1.165) is 16.7 Å². The fourth-order valence-corrected chi connectivity index (χ4v) is 2.51. The Kier molecular flexibility index (Phi) is 3.78. The van der Waals surface area contributed by atoms with Crippen molar-refractivity contribution in [1.82, 2.24) is 9.97 Å². The summed E-state index contributed by atoms with van der Waals surface area (Å²) in [6.45, 7) is 4.01. The zero-order valence-corrected chi connectivity index (χ0v) is 12.9. The van der Waals surface area contributed by atoms with Gasteiger partial charge in [-0.25, -0.2) is 4.98 Å². The second kappa shape index (κ2) is 5.90. The Bertz CT molecular complexity index is 1020. The minimum atomic E-state index is -0.243. The van der Waals surface area contributed by atoms with Gasteiger partial charge in [0.15, 0.2) is 5.82 Å². The summed E-state index contributed by atoms with van der Waals surface area (Å²) in [6.07, 6.45) is 1.75. The molecule has 0 bridgehead atoms. The van der Waals surface area contributed by atoms with Crippen LogP contribution in [0.4, 0.5) is 0 Å². The normalized spacial score (nSPS) is 11.4. The van der Waals surface area contributed by atoms with E-state index in [2.05, 4.69) is 22.1 Å². The van der Waals surface area contributed by atoms with Crippen LogP contribution >= 0.6 is 0 Å². The average molecular weight is 301 g/mol. The number of rotatable bonds is 2. The lowest BCUT2D eigenvalue weighted by Gasteiger charge is -2.04. The zero-order valence-electron chi connectivity index (χ0n) is 12.9. The Labute approximate surface area is 133 Å². The highest BCUT2D eigenvalue weighted by molar-refractivity contribution is 5.89. The number of nitrogens with zero attached hydrogens (tertiary/aromatic N) is 2. The Hall–Kier alpha value is -3.19. The van der Waals surface area contributed by atoms with E-state index in [1.165, 1.54) is 0 Å². The van der Waals surface area contributed by atoms with E-state index in [1.807, 2.05) is 32.0 Å². The third-order valence-corrected chi connectivity index (χ3v) is 3.71. The number of aromatic amines is 1. The fraction of sp³-hybridized carbons (Fsp3) is 0.105. The summed E-state index contributed by atoms with van der Waals surface area (Å²) in [5, 5.41) is 9.98. The monoisotopic (exact) mass is 301 g/mol. The molecule has 4 nitrogen and oxygen atoms in total. The molecule has 0 atom stereocenters. The highest BCUT2D eigenvalue weighted by Crippen LogP contribution is 2.19. The highest BCUT2D eigenvalue weighted by atomic mass is 16.1. The lowest BCUT2D eigenvalue weighted by molar-refractivity contribution is 1.13. The Morgan fingerprint density at radius 2 is 2.00 bits per heavy atom. The van der Waals surface area contributed by atoms with Gasteiger partial charge in [-0.3, -0.25) is 4.79 Å². The van der Waals surface area contributed by atoms with Gasteiger partial charge in [0.25, 0.3) is 5.56 Å². The van der Waals surface area contributed by atoms with Crippen LogP contribution < -0.4 is 5.56 Å². The Morgan fingerprint density at radius 1 is 1.22 bits per heavy atom. The van der Waals surface area contributed by atoms with E-state index in [0.29, 0.717) is 16.5 Å². The minimum absolute atomic E-state index is 0.243. The van der Waals surface area contributed by atoms with Gasteiger partial charge in [0.2, 0.25) is 0 Å². The van der Waals surface area contributed by atoms with Crippen LogP contribution in [-0.4, -0.2) is 9.97 Å². The third kappa shape index (κ3) is 2.90. The lowest BCUT2D eigenvalue weighted by Crippen LogP contribution is -2.11. The van der Waals surface area contributed by atoms with Crippen LogP contribution in [0.3, 0.4) is 0 Å². The zero-order chi connectivity index (χ0) is 16.4. The van der Waals surface area contributed by atoms with Crippen LogP contribution in [0.1, 0.15) is 22.5 Å². The van der Waals surface area contributed by atoms with Crippen molar-refractivity contribution in [3.8, 4) is 6.07 Å². The predicted octanol–water partition coefficient (Wildman–Crippen LogP) is 3.60. The van der Waals surface area contributed by atoms with Crippen molar-refractivity contribution < 1.29 is 0 Å². The smallest absolute Gasteiger partial charge is 0.259 e. The quantitative estimate of drug-likeness (QED) is 0.735. The number of fused-ring (bicyclic) bond motifs is 1. The molecule has 1 N–H and O–H groups in total. The topological polar surface area (TPSA) is 69.5 Å². The number of allylic oxidation sites excluding steroid dienone is 1. The van der Waals surface area contributed by atoms with E-state index < -0.39 is 0 Å². The molecule has 3 rings (SSSR count). The number of para-hydroxylation sites is 1. The van der Waals surface area contributed by atoms with E-state index in [1.54, 1.807) is 24.3 Å². The maximum atomic E-state index is 12.2. The summed E-state index contributed by atoms with van der Waals surface area (Å²) >= 11 is 0. The van der Waals surface area contributed by atoms with E-state index in [9.17, 15) is 10.1 Å². The van der Waals surface area contributed by atoms with Crippen LogP contribution in [0.2, 0.25) is 0 Å². The molecular formula is C19H15N3O. The minimum Gasteiger partial charge on any atom is -0.305 e. The first-order valence-electron chi connectivity index (χ1n) is 7.27. The molecule has 0 amide bonds. The molecule has 0 spiro atoms. The number of nitrogens with one attached hydrogen (secondary N) is 1. The summed E-state index contributed by atoms with van der Waals surface area (Å²) in [5.74, 6) is 0.288. The number of hydrogen-bond donors (Lipinski definition) is 1. The summed E-state index contributed by atoms with van der Waals surface area (Å²) in [6, 6.07) is 15.2. The molecule has 4 heteroatoms. The van der Waals surface area contributed by atoms with Crippen molar-refractivity contribution in [2.75, 3.05) is 0 Å². The fourth-order valence-electron chi connectivity index (χ4n) is 2.51. The maximum absolute atomic E-state index is 12.2. The first-order chi connectivity index (χ1) is 11.1. The average Bonchev–Trinajstić information content (AvgIpc) is 2.54. The number of aryl methyl sites for hydroxylation is 2. The number of hydrogen-bond acceptors (Lipinski definition) is 3. The van der Waals surface area contributed by atoms with Crippen LogP contribution in [0.25, 0.3) is 22.6 Å². The molecule has 0 radical (unpaired) electrons. The standard InChI is InChI=1S/C19H15N3O/c1-12-7-8-14(13(2)9-12)10-15(11-20)18-21-17-6-4-3-5-16(17)19(23)22-18/h3-10H,1-2H3,(H,21,22,23)/b15-10+. The molecule has 0 aliphatic heterocycles. The van der Waals surface area contributed by atoms with Crippen molar-refractivity contribution in [2.24, 2.45) is 0 Å². The third-order valence-electron chi connectivity index (χ3n) is 3.71. The van der Waals surface area contributed by atoms with Gasteiger partial charge in [0.1, 0.15) is 6.07 Å². The molecule has 0 unspecified atom stereocenters. The molecule has 3 aromatic rings. The summed E-state index contributed by atoms with van der Waals surface area (Å²) < 4.78 is 0. The Balaban J connectivity index is 2.16. The van der Waals surface area contributed by atoms with Gasteiger partial charge in [0.05, 0.1) is 16.5 Å². The van der Waals surface area contributed by atoms with Gasteiger partial charge < -0.3 is 4.98 Å². The van der Waals surface area contributed by atoms with Gasteiger partial charge in [0, 0.05) is 0 Å². The molecule has 23 heavy (non-hydrogen) atoms. The van der Waals surface area contributed by atoms with Crippen molar-refractivity contribution in [2.45, 2.75) is 13.8 Å². The molecule has 1 heterocycles.